The third-order valence-corrected chi connectivity index (χ3v) is 5.85. The topological polar surface area (TPSA) is 102 Å². The van der Waals surface area contributed by atoms with Crippen LogP contribution in [0.3, 0.4) is 0 Å². The lowest BCUT2D eigenvalue weighted by Crippen LogP contribution is -2.56. The van der Waals surface area contributed by atoms with Crippen molar-refractivity contribution in [1.29, 1.82) is 0 Å². The number of β-amino-alcohol motifs (C(OH)–C–C–N with tert-alkyl or cyclic N) is 1. The van der Waals surface area contributed by atoms with Crippen LogP contribution in [0, 0.1) is 5.92 Å². The molecule has 0 aliphatic carbocycles. The van der Waals surface area contributed by atoms with Gasteiger partial charge in [0, 0.05) is 11.4 Å². The molecule has 3 aromatic rings. The first-order valence-corrected chi connectivity index (χ1v) is 11.5. The second kappa shape index (κ2) is 10.4. The number of hydrogen-bond donors (Lipinski definition) is 3. The van der Waals surface area contributed by atoms with E-state index >= 15 is 0 Å². The summed E-state index contributed by atoms with van der Waals surface area (Å²) in [5.41, 5.74) is 2.04. The van der Waals surface area contributed by atoms with E-state index in [9.17, 15) is 19.5 Å². The van der Waals surface area contributed by atoms with Gasteiger partial charge in [-0.15, -0.1) is 0 Å². The van der Waals surface area contributed by atoms with Crippen molar-refractivity contribution < 1.29 is 19.5 Å². The summed E-state index contributed by atoms with van der Waals surface area (Å²) < 4.78 is 0. The smallest absolute Gasteiger partial charge is 0.320 e. The van der Waals surface area contributed by atoms with Crippen molar-refractivity contribution in [2.45, 2.75) is 26.0 Å². The Kier molecular flexibility index (Phi) is 7.12. The number of rotatable bonds is 6. The highest BCUT2D eigenvalue weighted by atomic mass is 16.3. The molecule has 0 aromatic heterocycles. The average Bonchev–Trinajstić information content (AvgIpc) is 2.94. The van der Waals surface area contributed by atoms with E-state index in [-0.39, 0.29) is 12.5 Å². The normalized spacial score (nSPS) is 16.5. The second-order valence-corrected chi connectivity index (χ2v) is 8.66. The van der Waals surface area contributed by atoms with E-state index in [0.29, 0.717) is 22.7 Å². The van der Waals surface area contributed by atoms with Gasteiger partial charge in [-0.1, -0.05) is 62.4 Å². The number of amides is 4. The number of nitrogens with zero attached hydrogens (tertiary/aromatic N) is 2. The van der Waals surface area contributed by atoms with E-state index < -0.39 is 30.0 Å². The molecule has 0 spiro atoms. The van der Waals surface area contributed by atoms with Crippen LogP contribution in [0.15, 0.2) is 84.9 Å². The van der Waals surface area contributed by atoms with Gasteiger partial charge in [-0.2, -0.15) is 0 Å². The first kappa shape index (κ1) is 24.0. The number of urea groups is 1. The van der Waals surface area contributed by atoms with E-state index in [0.717, 1.165) is 0 Å². The predicted octanol–water partition coefficient (Wildman–Crippen LogP) is 3.91. The van der Waals surface area contributed by atoms with E-state index in [4.69, 9.17) is 0 Å². The Balaban J connectivity index is 1.76. The van der Waals surface area contributed by atoms with Crippen molar-refractivity contribution in [3.63, 3.8) is 0 Å². The molecule has 3 N–H and O–H groups in total. The highest BCUT2D eigenvalue weighted by Crippen LogP contribution is 2.38. The Morgan fingerprint density at radius 2 is 1.43 bits per heavy atom. The molecule has 0 saturated heterocycles. The Hall–Kier alpha value is -4.17. The first-order valence-electron chi connectivity index (χ1n) is 11.5. The van der Waals surface area contributed by atoms with Crippen molar-refractivity contribution in [3.05, 3.63) is 84.9 Å². The van der Waals surface area contributed by atoms with E-state index in [1.165, 1.54) is 9.80 Å². The van der Waals surface area contributed by atoms with Gasteiger partial charge in [0.15, 0.2) is 6.04 Å². The summed E-state index contributed by atoms with van der Waals surface area (Å²) in [5.74, 6) is -1.34. The third-order valence-electron chi connectivity index (χ3n) is 5.85. The second-order valence-electron chi connectivity index (χ2n) is 8.66. The number of nitrogens with one attached hydrogen (secondary N) is 2. The molecular formula is C27H28N4O4. The summed E-state index contributed by atoms with van der Waals surface area (Å²) in [6, 6.07) is 22.5. The van der Waals surface area contributed by atoms with Crippen LogP contribution in [-0.4, -0.2) is 41.6 Å². The van der Waals surface area contributed by atoms with Crippen LogP contribution in [0.1, 0.15) is 13.8 Å². The summed E-state index contributed by atoms with van der Waals surface area (Å²) in [7, 11) is 0. The SMILES string of the molecule is CC(C)C(O)CN1C(=O)C(NC(=O)Nc2ccccc2)C(=O)N(c2ccccc2)c2ccccc21. The molecule has 2 atom stereocenters. The van der Waals surface area contributed by atoms with Crippen molar-refractivity contribution in [2.24, 2.45) is 5.92 Å². The highest BCUT2D eigenvalue weighted by molar-refractivity contribution is 6.24. The van der Waals surface area contributed by atoms with Crippen LogP contribution in [-0.2, 0) is 9.59 Å². The molecule has 4 rings (SSSR count). The molecule has 3 aromatic carbocycles. The minimum Gasteiger partial charge on any atom is -0.391 e. The third kappa shape index (κ3) is 5.17. The maximum atomic E-state index is 13.8. The molecule has 35 heavy (non-hydrogen) atoms. The van der Waals surface area contributed by atoms with Gasteiger partial charge in [-0.05, 0) is 42.3 Å². The molecule has 2 unspecified atom stereocenters. The van der Waals surface area contributed by atoms with Crippen LogP contribution in [0.2, 0.25) is 0 Å². The zero-order valence-electron chi connectivity index (χ0n) is 19.6. The molecule has 0 saturated carbocycles. The summed E-state index contributed by atoms with van der Waals surface area (Å²) in [4.78, 5) is 43.3. The number of carbonyl (C=O) groups is 3. The van der Waals surface area contributed by atoms with Gasteiger partial charge < -0.3 is 20.6 Å². The fraction of sp³-hybridized carbons (Fsp3) is 0.222. The number of para-hydroxylation sites is 4. The van der Waals surface area contributed by atoms with Crippen LogP contribution < -0.4 is 20.4 Å². The zero-order chi connectivity index (χ0) is 24.9. The van der Waals surface area contributed by atoms with Gasteiger partial charge in [0.05, 0.1) is 24.0 Å². The monoisotopic (exact) mass is 472 g/mol. The minimum absolute atomic E-state index is 0.0259. The molecule has 1 aliphatic heterocycles. The summed E-state index contributed by atoms with van der Waals surface area (Å²) in [5, 5.41) is 15.9. The van der Waals surface area contributed by atoms with Gasteiger partial charge in [0.2, 0.25) is 0 Å². The number of anilines is 4. The maximum absolute atomic E-state index is 13.8. The summed E-state index contributed by atoms with van der Waals surface area (Å²) >= 11 is 0. The Morgan fingerprint density at radius 3 is 2.06 bits per heavy atom. The number of hydrogen-bond acceptors (Lipinski definition) is 4. The Bertz CT molecular complexity index is 1200. The predicted molar refractivity (Wildman–Crippen MR) is 136 cm³/mol. The molecular weight excluding hydrogens is 444 g/mol. The molecule has 180 valence electrons. The average molecular weight is 473 g/mol. The largest absolute Gasteiger partial charge is 0.391 e. The van der Waals surface area contributed by atoms with Gasteiger partial charge >= 0.3 is 6.03 Å². The molecule has 8 heteroatoms. The standard InChI is InChI=1S/C27H28N4O4/c1-18(2)23(32)17-30-21-15-9-10-16-22(21)31(20-13-7-4-8-14-20)26(34)24(25(30)33)29-27(35)28-19-11-5-3-6-12-19/h3-16,18,23-24,32H,17H2,1-2H3,(H2,28,29,35). The van der Waals surface area contributed by atoms with Crippen molar-refractivity contribution >= 4 is 40.6 Å². The first-order chi connectivity index (χ1) is 16.9. The summed E-state index contributed by atoms with van der Waals surface area (Å²) in [6.07, 6.45) is -0.829. The van der Waals surface area contributed by atoms with Gasteiger partial charge in [0.25, 0.3) is 11.8 Å². The van der Waals surface area contributed by atoms with E-state index in [1.54, 1.807) is 72.8 Å². The van der Waals surface area contributed by atoms with Crippen LogP contribution in [0.5, 0.6) is 0 Å². The van der Waals surface area contributed by atoms with Gasteiger partial charge in [-0.3, -0.25) is 14.5 Å². The molecule has 1 aliphatic rings. The highest BCUT2D eigenvalue weighted by Gasteiger charge is 2.42. The van der Waals surface area contributed by atoms with Crippen LogP contribution >= 0.6 is 0 Å². The molecule has 1 heterocycles. The van der Waals surface area contributed by atoms with Crippen molar-refractivity contribution in [1.82, 2.24) is 5.32 Å². The van der Waals surface area contributed by atoms with Crippen LogP contribution in [0.4, 0.5) is 27.5 Å². The number of aliphatic hydroxyl groups excluding tert-OH is 1. The lowest BCUT2D eigenvalue weighted by atomic mass is 10.1. The Labute approximate surface area is 204 Å². The molecule has 0 radical (unpaired) electrons. The fourth-order valence-electron chi connectivity index (χ4n) is 3.88. The molecule has 0 fully saturated rings. The lowest BCUT2D eigenvalue weighted by molar-refractivity contribution is -0.128. The number of fused-ring (bicyclic) bond motifs is 1. The number of aliphatic hydroxyl groups is 1. The molecule has 8 nitrogen and oxygen atoms in total. The van der Waals surface area contributed by atoms with Gasteiger partial charge in [-0.25, -0.2) is 4.79 Å². The van der Waals surface area contributed by atoms with Crippen molar-refractivity contribution in [2.75, 3.05) is 21.7 Å². The molecule has 0 bridgehead atoms. The summed E-state index contributed by atoms with van der Waals surface area (Å²) in [6.45, 7) is 3.68. The molecule has 4 amide bonds. The number of benzene rings is 3. The number of carbonyl (C=O) groups excluding carboxylic acids is 3. The zero-order valence-corrected chi connectivity index (χ0v) is 19.6. The van der Waals surface area contributed by atoms with E-state index in [2.05, 4.69) is 10.6 Å². The minimum atomic E-state index is -1.51. The fourth-order valence-corrected chi connectivity index (χ4v) is 3.88. The van der Waals surface area contributed by atoms with E-state index in [1.807, 2.05) is 26.0 Å². The lowest BCUT2D eigenvalue weighted by Gasteiger charge is -2.28. The maximum Gasteiger partial charge on any atom is 0.320 e. The quantitative estimate of drug-likeness (QED) is 0.474. The Morgan fingerprint density at radius 1 is 0.857 bits per heavy atom. The van der Waals surface area contributed by atoms with Gasteiger partial charge in [0.1, 0.15) is 0 Å². The van der Waals surface area contributed by atoms with Crippen molar-refractivity contribution in [3.8, 4) is 0 Å². The van der Waals surface area contributed by atoms with Crippen LogP contribution in [0.25, 0.3) is 0 Å².